The minimum absolute atomic E-state index is 0.0169. The number of nitro benzene ring substituents is 1. The number of aliphatic hydroxyl groups excluding tert-OH is 2. The van der Waals surface area contributed by atoms with Crippen LogP contribution in [0.5, 0.6) is 0 Å². The summed E-state index contributed by atoms with van der Waals surface area (Å²) < 4.78 is 0.397. The number of quaternary nitrogens is 1. The van der Waals surface area contributed by atoms with E-state index >= 15 is 0 Å². The van der Waals surface area contributed by atoms with Gasteiger partial charge in [-0.25, -0.2) is 0 Å². The molecule has 0 fully saturated rings. The maximum absolute atomic E-state index is 10.5. The summed E-state index contributed by atoms with van der Waals surface area (Å²) in [5.41, 5.74) is 0.546. The smallest absolute Gasteiger partial charge is 0.269 e. The van der Waals surface area contributed by atoms with Gasteiger partial charge in [-0.2, -0.15) is 0 Å². The van der Waals surface area contributed by atoms with E-state index in [4.69, 9.17) is 0 Å². The number of nitrogens with zero attached hydrogens (tertiary/aromatic N) is 2. The van der Waals surface area contributed by atoms with Crippen LogP contribution in [0.15, 0.2) is 24.3 Å². The zero-order valence-electron chi connectivity index (χ0n) is 10.8. The third-order valence-corrected chi connectivity index (χ3v) is 2.99. The van der Waals surface area contributed by atoms with E-state index in [1.54, 1.807) is 0 Å². The molecule has 0 aliphatic carbocycles. The topological polar surface area (TPSA) is 83.6 Å². The molecular weight excluding hydrogens is 236 g/mol. The highest BCUT2D eigenvalue weighted by Crippen LogP contribution is 2.24. The molecular formula is C12H19N2O4+. The second-order valence-corrected chi connectivity index (χ2v) is 5.16. The number of nitro groups is 1. The molecule has 18 heavy (non-hydrogen) atoms. The van der Waals surface area contributed by atoms with Crippen LogP contribution < -0.4 is 0 Å². The second-order valence-electron chi connectivity index (χ2n) is 5.16. The molecule has 0 aliphatic heterocycles. The quantitative estimate of drug-likeness (QED) is 0.461. The predicted molar refractivity (Wildman–Crippen MR) is 67.0 cm³/mol. The molecule has 1 rings (SSSR count). The summed E-state index contributed by atoms with van der Waals surface area (Å²) in [4.78, 5) is 10.0. The van der Waals surface area contributed by atoms with Crippen molar-refractivity contribution in [3.63, 3.8) is 0 Å². The van der Waals surface area contributed by atoms with Gasteiger partial charge in [0.05, 0.1) is 32.7 Å². The highest BCUT2D eigenvalue weighted by Gasteiger charge is 2.32. The van der Waals surface area contributed by atoms with E-state index in [1.807, 2.05) is 21.1 Å². The zero-order chi connectivity index (χ0) is 13.9. The number of benzene rings is 1. The summed E-state index contributed by atoms with van der Waals surface area (Å²) >= 11 is 0. The summed E-state index contributed by atoms with van der Waals surface area (Å²) in [6.45, 7) is -0.165. The number of likely N-dealkylation sites (N-methyl/N-ethyl adjacent to an activating group) is 1. The lowest BCUT2D eigenvalue weighted by Gasteiger charge is -2.35. The Morgan fingerprint density at radius 2 is 1.78 bits per heavy atom. The molecule has 0 aliphatic rings. The van der Waals surface area contributed by atoms with E-state index in [0.717, 1.165) is 0 Å². The Morgan fingerprint density at radius 3 is 2.11 bits per heavy atom. The van der Waals surface area contributed by atoms with Gasteiger partial charge in [0.2, 0.25) is 0 Å². The van der Waals surface area contributed by atoms with Crippen molar-refractivity contribution in [1.82, 2.24) is 0 Å². The minimum atomic E-state index is -0.865. The summed E-state index contributed by atoms with van der Waals surface area (Å²) in [5, 5.41) is 30.1. The third kappa shape index (κ3) is 3.25. The SMILES string of the molecule is C[N+](C)(C)[C@H](CO)C(O)c1ccc([N+](=O)[O-])cc1. The van der Waals surface area contributed by atoms with Gasteiger partial charge in [-0.3, -0.25) is 10.1 Å². The van der Waals surface area contributed by atoms with Crippen LogP contribution >= 0.6 is 0 Å². The van der Waals surface area contributed by atoms with Crippen LogP contribution in [0.1, 0.15) is 11.7 Å². The standard InChI is InChI=1S/C12H19N2O4/c1-14(2,3)11(8-15)12(16)9-4-6-10(7-5-9)13(17)18/h4-7,11-12,15-16H,8H2,1-3H3/q+1/t11-,12?/m1/s1. The van der Waals surface area contributed by atoms with E-state index in [2.05, 4.69) is 0 Å². The van der Waals surface area contributed by atoms with Crippen LogP contribution in [0.25, 0.3) is 0 Å². The fourth-order valence-electron chi connectivity index (χ4n) is 1.78. The third-order valence-electron chi connectivity index (χ3n) is 2.99. The van der Waals surface area contributed by atoms with Gasteiger partial charge in [0.1, 0.15) is 12.1 Å². The first kappa shape index (κ1) is 14.6. The van der Waals surface area contributed by atoms with Crippen molar-refractivity contribution < 1.29 is 19.6 Å². The van der Waals surface area contributed by atoms with Gasteiger partial charge in [0, 0.05) is 12.1 Å². The second kappa shape index (κ2) is 5.43. The van der Waals surface area contributed by atoms with Crippen LogP contribution in [0.2, 0.25) is 0 Å². The molecule has 0 heterocycles. The van der Waals surface area contributed by atoms with E-state index in [9.17, 15) is 20.3 Å². The van der Waals surface area contributed by atoms with E-state index in [1.165, 1.54) is 24.3 Å². The maximum atomic E-state index is 10.5. The fraction of sp³-hybridized carbons (Fsp3) is 0.500. The zero-order valence-corrected chi connectivity index (χ0v) is 10.8. The highest BCUT2D eigenvalue weighted by atomic mass is 16.6. The Labute approximate surface area is 106 Å². The van der Waals surface area contributed by atoms with Gasteiger partial charge >= 0.3 is 0 Å². The molecule has 2 N–H and O–H groups in total. The Balaban J connectivity index is 2.96. The first-order valence-corrected chi connectivity index (χ1v) is 5.61. The van der Waals surface area contributed by atoms with Crippen LogP contribution in [-0.2, 0) is 0 Å². The Morgan fingerprint density at radius 1 is 1.28 bits per heavy atom. The van der Waals surface area contributed by atoms with Crippen molar-refractivity contribution in [2.45, 2.75) is 12.1 Å². The van der Waals surface area contributed by atoms with Gasteiger partial charge in [-0.05, 0) is 17.7 Å². The van der Waals surface area contributed by atoms with Crippen molar-refractivity contribution in [3.05, 3.63) is 39.9 Å². The van der Waals surface area contributed by atoms with Gasteiger partial charge in [0.15, 0.2) is 0 Å². The molecule has 1 unspecified atom stereocenters. The summed E-state index contributed by atoms with van der Waals surface area (Å²) in [5.74, 6) is 0. The summed E-state index contributed by atoms with van der Waals surface area (Å²) in [7, 11) is 5.61. The maximum Gasteiger partial charge on any atom is 0.269 e. The average molecular weight is 255 g/mol. The van der Waals surface area contributed by atoms with Crippen molar-refractivity contribution in [2.75, 3.05) is 27.7 Å². The molecule has 0 aromatic heterocycles. The molecule has 0 saturated heterocycles. The average Bonchev–Trinajstić information content (AvgIpc) is 2.28. The number of non-ortho nitro benzene ring substituents is 1. The van der Waals surface area contributed by atoms with E-state index < -0.39 is 11.0 Å². The molecule has 0 bridgehead atoms. The van der Waals surface area contributed by atoms with Gasteiger partial charge in [0.25, 0.3) is 5.69 Å². The molecule has 1 aromatic rings. The number of rotatable bonds is 5. The van der Waals surface area contributed by atoms with Crippen LogP contribution in [0.4, 0.5) is 5.69 Å². The molecule has 2 atom stereocenters. The molecule has 6 heteroatoms. The summed E-state index contributed by atoms with van der Waals surface area (Å²) in [6, 6.07) is 5.35. The normalized spacial score (nSPS) is 15.2. The number of aliphatic hydroxyl groups is 2. The Bertz CT molecular complexity index is 411. The van der Waals surface area contributed by atoms with Crippen molar-refractivity contribution >= 4 is 5.69 Å². The molecule has 6 nitrogen and oxygen atoms in total. The lowest BCUT2D eigenvalue weighted by molar-refractivity contribution is -0.901. The molecule has 0 radical (unpaired) electrons. The Hall–Kier alpha value is -1.50. The highest BCUT2D eigenvalue weighted by molar-refractivity contribution is 5.34. The number of hydrogen-bond acceptors (Lipinski definition) is 4. The van der Waals surface area contributed by atoms with Crippen molar-refractivity contribution in [2.24, 2.45) is 0 Å². The molecule has 1 aromatic carbocycles. The minimum Gasteiger partial charge on any atom is -0.390 e. The summed E-state index contributed by atoms with van der Waals surface area (Å²) in [6.07, 6.45) is -0.865. The largest absolute Gasteiger partial charge is 0.390 e. The van der Waals surface area contributed by atoms with E-state index in [0.29, 0.717) is 10.0 Å². The van der Waals surface area contributed by atoms with Crippen LogP contribution in [-0.4, -0.2) is 53.4 Å². The fourth-order valence-corrected chi connectivity index (χ4v) is 1.78. The van der Waals surface area contributed by atoms with Gasteiger partial charge < -0.3 is 14.7 Å². The molecule has 100 valence electrons. The lowest BCUT2D eigenvalue weighted by Crippen LogP contribution is -2.50. The number of hydrogen-bond donors (Lipinski definition) is 2. The van der Waals surface area contributed by atoms with Crippen LogP contribution in [0.3, 0.4) is 0 Å². The van der Waals surface area contributed by atoms with Gasteiger partial charge in [-0.15, -0.1) is 0 Å². The van der Waals surface area contributed by atoms with Gasteiger partial charge in [-0.1, -0.05) is 0 Å². The predicted octanol–water partition coefficient (Wildman–Crippen LogP) is 0.695. The first-order valence-electron chi connectivity index (χ1n) is 5.61. The van der Waals surface area contributed by atoms with Crippen molar-refractivity contribution in [3.8, 4) is 0 Å². The molecule has 0 amide bonds. The lowest BCUT2D eigenvalue weighted by atomic mass is 10.0. The molecule has 0 saturated carbocycles. The first-order chi connectivity index (χ1) is 8.27. The van der Waals surface area contributed by atoms with Crippen molar-refractivity contribution in [1.29, 1.82) is 0 Å². The van der Waals surface area contributed by atoms with Crippen LogP contribution in [0, 0.1) is 10.1 Å². The molecule has 0 spiro atoms. The van der Waals surface area contributed by atoms with E-state index in [-0.39, 0.29) is 18.3 Å². The Kier molecular flexibility index (Phi) is 4.39. The monoisotopic (exact) mass is 255 g/mol.